The first-order chi connectivity index (χ1) is 12.3. The quantitative estimate of drug-likeness (QED) is 0.753. The molecule has 2 atom stereocenters. The van der Waals surface area contributed by atoms with Gasteiger partial charge in [-0.25, -0.2) is 4.79 Å². The number of aliphatic hydroxyl groups is 1. The number of anilines is 1. The van der Waals surface area contributed by atoms with Crippen LogP contribution in [-0.2, 0) is 6.61 Å². The van der Waals surface area contributed by atoms with E-state index in [-0.39, 0.29) is 24.6 Å². The van der Waals surface area contributed by atoms with Gasteiger partial charge in [0.05, 0.1) is 0 Å². The normalized spacial score (nSPS) is 19.4. The fourth-order valence-corrected chi connectivity index (χ4v) is 3.22. The van der Waals surface area contributed by atoms with Crippen molar-refractivity contribution in [3.05, 3.63) is 60.2 Å². The molecule has 2 aromatic rings. The van der Waals surface area contributed by atoms with E-state index in [1.165, 1.54) is 0 Å². The van der Waals surface area contributed by atoms with Gasteiger partial charge in [0.1, 0.15) is 12.4 Å². The van der Waals surface area contributed by atoms with Gasteiger partial charge in [0.15, 0.2) is 0 Å². The lowest BCUT2D eigenvalue weighted by Gasteiger charge is -2.20. The molecule has 0 aromatic heterocycles. The fraction of sp³-hybridized carbons (Fsp3) is 0.350. The minimum atomic E-state index is -0.238. The Morgan fingerprint density at radius 2 is 1.84 bits per heavy atom. The SMILES string of the molecule is O=C(Nc1ccccc1COc1ccccc1)N[C@H]1CCC[C@H]1CO. The van der Waals surface area contributed by atoms with Crippen molar-refractivity contribution in [1.29, 1.82) is 0 Å². The lowest BCUT2D eigenvalue weighted by molar-refractivity contribution is 0.203. The number of hydrogen-bond acceptors (Lipinski definition) is 3. The molecule has 0 aliphatic heterocycles. The number of aliphatic hydroxyl groups excluding tert-OH is 1. The van der Waals surface area contributed by atoms with Gasteiger partial charge in [-0.2, -0.15) is 0 Å². The highest BCUT2D eigenvalue weighted by Crippen LogP contribution is 2.25. The zero-order chi connectivity index (χ0) is 17.5. The van der Waals surface area contributed by atoms with Gasteiger partial charge in [-0.1, -0.05) is 42.8 Å². The van der Waals surface area contributed by atoms with Crippen molar-refractivity contribution in [3.63, 3.8) is 0 Å². The van der Waals surface area contributed by atoms with Crippen LogP contribution in [0.3, 0.4) is 0 Å². The molecule has 1 fully saturated rings. The molecule has 1 saturated carbocycles. The molecular formula is C20H24N2O3. The molecule has 0 heterocycles. The van der Waals surface area contributed by atoms with Gasteiger partial charge in [0.2, 0.25) is 0 Å². The summed E-state index contributed by atoms with van der Waals surface area (Å²) in [5.74, 6) is 0.945. The van der Waals surface area contributed by atoms with Gasteiger partial charge >= 0.3 is 6.03 Å². The van der Waals surface area contributed by atoms with Gasteiger partial charge in [-0.15, -0.1) is 0 Å². The maximum Gasteiger partial charge on any atom is 0.319 e. The van der Waals surface area contributed by atoms with Gasteiger partial charge in [-0.05, 0) is 31.0 Å². The Bertz CT molecular complexity index is 690. The molecular weight excluding hydrogens is 316 g/mol. The highest BCUT2D eigenvalue weighted by atomic mass is 16.5. The second-order valence-corrected chi connectivity index (χ2v) is 6.34. The fourth-order valence-electron chi connectivity index (χ4n) is 3.22. The van der Waals surface area contributed by atoms with E-state index in [9.17, 15) is 9.90 Å². The smallest absolute Gasteiger partial charge is 0.319 e. The Balaban J connectivity index is 1.59. The monoisotopic (exact) mass is 340 g/mol. The van der Waals surface area contributed by atoms with Crippen molar-refractivity contribution in [2.24, 2.45) is 5.92 Å². The molecule has 0 saturated heterocycles. The summed E-state index contributed by atoms with van der Waals surface area (Å²) in [5.41, 5.74) is 1.64. The second-order valence-electron chi connectivity index (χ2n) is 6.34. The average molecular weight is 340 g/mol. The molecule has 25 heavy (non-hydrogen) atoms. The Kier molecular flexibility index (Phi) is 5.90. The van der Waals surface area contributed by atoms with Crippen LogP contribution >= 0.6 is 0 Å². The van der Waals surface area contributed by atoms with Crippen LogP contribution < -0.4 is 15.4 Å². The number of rotatable bonds is 6. The van der Waals surface area contributed by atoms with E-state index in [2.05, 4.69) is 10.6 Å². The van der Waals surface area contributed by atoms with Crippen molar-refractivity contribution >= 4 is 11.7 Å². The number of nitrogens with one attached hydrogen (secondary N) is 2. The highest BCUT2D eigenvalue weighted by Gasteiger charge is 2.27. The van der Waals surface area contributed by atoms with E-state index in [0.29, 0.717) is 6.61 Å². The van der Waals surface area contributed by atoms with Crippen LogP contribution in [0.1, 0.15) is 24.8 Å². The first-order valence-corrected chi connectivity index (χ1v) is 8.70. The molecule has 3 rings (SSSR count). The summed E-state index contributed by atoms with van der Waals surface area (Å²) < 4.78 is 5.78. The molecule has 2 amide bonds. The van der Waals surface area contributed by atoms with E-state index in [1.54, 1.807) is 0 Å². The molecule has 132 valence electrons. The molecule has 1 aliphatic carbocycles. The number of carbonyl (C=O) groups excluding carboxylic acids is 1. The molecule has 2 aromatic carbocycles. The Morgan fingerprint density at radius 1 is 1.08 bits per heavy atom. The van der Waals surface area contributed by atoms with Crippen LogP contribution in [0.2, 0.25) is 0 Å². The van der Waals surface area contributed by atoms with Crippen LogP contribution in [0.25, 0.3) is 0 Å². The lowest BCUT2D eigenvalue weighted by atomic mass is 10.1. The standard InChI is InChI=1S/C20H24N2O3/c23-13-15-8-6-12-18(15)21-20(24)22-19-11-5-4-7-16(19)14-25-17-9-2-1-3-10-17/h1-5,7,9-11,15,18,23H,6,8,12-14H2,(H2,21,22,24)/t15-,18-/m0/s1. The Labute approximate surface area is 148 Å². The molecule has 5 nitrogen and oxygen atoms in total. The van der Waals surface area contributed by atoms with Crippen molar-refractivity contribution in [2.75, 3.05) is 11.9 Å². The summed E-state index contributed by atoms with van der Waals surface area (Å²) in [5, 5.41) is 15.3. The van der Waals surface area contributed by atoms with E-state index < -0.39 is 0 Å². The van der Waals surface area contributed by atoms with E-state index in [0.717, 1.165) is 36.3 Å². The van der Waals surface area contributed by atoms with Crippen LogP contribution in [0.15, 0.2) is 54.6 Å². The van der Waals surface area contributed by atoms with Gasteiger partial charge in [0.25, 0.3) is 0 Å². The van der Waals surface area contributed by atoms with Crippen LogP contribution in [0.5, 0.6) is 5.75 Å². The number of amides is 2. The zero-order valence-electron chi connectivity index (χ0n) is 14.2. The number of benzene rings is 2. The molecule has 3 N–H and O–H groups in total. The maximum atomic E-state index is 12.3. The predicted octanol–water partition coefficient (Wildman–Crippen LogP) is 3.55. The number of para-hydroxylation sites is 2. The molecule has 0 unspecified atom stereocenters. The summed E-state index contributed by atoms with van der Waals surface area (Å²) in [7, 11) is 0. The molecule has 5 heteroatoms. The lowest BCUT2D eigenvalue weighted by Crippen LogP contribution is -2.41. The minimum absolute atomic E-state index is 0.0396. The second kappa shape index (κ2) is 8.53. The minimum Gasteiger partial charge on any atom is -0.489 e. The third kappa shape index (κ3) is 4.73. The summed E-state index contributed by atoms with van der Waals surface area (Å²) in [4.78, 5) is 12.3. The van der Waals surface area contributed by atoms with Crippen molar-refractivity contribution < 1.29 is 14.6 Å². The van der Waals surface area contributed by atoms with E-state index in [4.69, 9.17) is 4.74 Å². The molecule has 1 aliphatic rings. The molecule has 0 bridgehead atoms. The zero-order valence-corrected chi connectivity index (χ0v) is 14.2. The maximum absolute atomic E-state index is 12.3. The third-order valence-corrected chi connectivity index (χ3v) is 4.61. The largest absolute Gasteiger partial charge is 0.489 e. The third-order valence-electron chi connectivity index (χ3n) is 4.61. The number of carbonyl (C=O) groups is 1. The topological polar surface area (TPSA) is 70.6 Å². The summed E-state index contributed by atoms with van der Waals surface area (Å²) in [6.45, 7) is 0.496. The van der Waals surface area contributed by atoms with E-state index in [1.807, 2.05) is 54.6 Å². The summed E-state index contributed by atoms with van der Waals surface area (Å²) in [6, 6.07) is 17.0. The highest BCUT2D eigenvalue weighted by molar-refractivity contribution is 5.90. The Morgan fingerprint density at radius 3 is 2.64 bits per heavy atom. The van der Waals surface area contributed by atoms with Crippen molar-refractivity contribution in [2.45, 2.75) is 31.9 Å². The Hall–Kier alpha value is -2.53. The number of urea groups is 1. The average Bonchev–Trinajstić information content (AvgIpc) is 3.09. The van der Waals surface area contributed by atoms with Crippen LogP contribution in [-0.4, -0.2) is 23.8 Å². The van der Waals surface area contributed by atoms with Gasteiger partial charge in [-0.3, -0.25) is 0 Å². The molecule has 0 spiro atoms. The number of hydrogen-bond donors (Lipinski definition) is 3. The summed E-state index contributed by atoms with van der Waals surface area (Å²) in [6.07, 6.45) is 2.91. The first-order valence-electron chi connectivity index (χ1n) is 8.70. The van der Waals surface area contributed by atoms with Crippen LogP contribution in [0, 0.1) is 5.92 Å². The van der Waals surface area contributed by atoms with Crippen LogP contribution in [0.4, 0.5) is 10.5 Å². The molecule has 0 radical (unpaired) electrons. The van der Waals surface area contributed by atoms with E-state index >= 15 is 0 Å². The number of ether oxygens (including phenoxy) is 1. The predicted molar refractivity (Wildman–Crippen MR) is 97.6 cm³/mol. The summed E-state index contributed by atoms with van der Waals surface area (Å²) >= 11 is 0. The van der Waals surface area contributed by atoms with Crippen molar-refractivity contribution in [3.8, 4) is 5.75 Å². The van der Waals surface area contributed by atoms with Crippen molar-refractivity contribution in [1.82, 2.24) is 5.32 Å². The van der Waals surface area contributed by atoms with Gasteiger partial charge in [0, 0.05) is 29.8 Å². The first kappa shape index (κ1) is 17.3. The van der Waals surface area contributed by atoms with Gasteiger partial charge < -0.3 is 20.5 Å².